The van der Waals surface area contributed by atoms with Crippen LogP contribution in [-0.2, 0) is 13.1 Å². The number of hydrogen-bond acceptors (Lipinski definition) is 3. The van der Waals surface area contributed by atoms with Gasteiger partial charge in [-0.25, -0.2) is 4.99 Å². The second-order valence-corrected chi connectivity index (χ2v) is 6.18. The number of nitrogens with zero attached hydrogens (tertiary/aromatic N) is 2. The van der Waals surface area contributed by atoms with Crippen molar-refractivity contribution >= 4 is 11.6 Å². The number of anilines is 1. The SMILES string of the molecule is CCN(CC)Cc1cccc(CN=C(N)Nc2ccc(OC(F)(F)F)cc2)c1. The van der Waals surface area contributed by atoms with Crippen LogP contribution >= 0.6 is 0 Å². The molecule has 0 aromatic heterocycles. The van der Waals surface area contributed by atoms with Gasteiger partial charge in [0, 0.05) is 12.2 Å². The van der Waals surface area contributed by atoms with Gasteiger partial charge in [-0.1, -0.05) is 38.1 Å². The quantitative estimate of drug-likeness (QED) is 0.516. The summed E-state index contributed by atoms with van der Waals surface area (Å²) in [6, 6.07) is 13.4. The van der Waals surface area contributed by atoms with Crippen LogP contribution in [0.4, 0.5) is 18.9 Å². The zero-order valence-electron chi connectivity index (χ0n) is 16.0. The van der Waals surface area contributed by atoms with Gasteiger partial charge >= 0.3 is 6.36 Å². The van der Waals surface area contributed by atoms with E-state index in [1.165, 1.54) is 29.8 Å². The van der Waals surface area contributed by atoms with Crippen molar-refractivity contribution in [2.45, 2.75) is 33.3 Å². The highest BCUT2D eigenvalue weighted by atomic mass is 19.4. The van der Waals surface area contributed by atoms with Gasteiger partial charge in [0.15, 0.2) is 5.96 Å². The number of ether oxygens (including phenoxy) is 1. The lowest BCUT2D eigenvalue weighted by molar-refractivity contribution is -0.274. The molecular weight excluding hydrogens is 369 g/mol. The smallest absolute Gasteiger partial charge is 0.406 e. The molecule has 2 rings (SSSR count). The molecule has 0 unspecified atom stereocenters. The summed E-state index contributed by atoms with van der Waals surface area (Å²) in [6.45, 7) is 7.52. The fourth-order valence-corrected chi connectivity index (χ4v) is 2.64. The number of hydrogen-bond donors (Lipinski definition) is 2. The average molecular weight is 394 g/mol. The Kier molecular flexibility index (Phi) is 7.69. The lowest BCUT2D eigenvalue weighted by Gasteiger charge is -2.18. The molecule has 0 aliphatic carbocycles. The Morgan fingerprint density at radius 2 is 1.71 bits per heavy atom. The van der Waals surface area contributed by atoms with Crippen LogP contribution in [0.15, 0.2) is 53.5 Å². The number of halogens is 3. The lowest BCUT2D eigenvalue weighted by atomic mass is 10.1. The van der Waals surface area contributed by atoms with Crippen molar-refractivity contribution in [3.05, 3.63) is 59.7 Å². The number of alkyl halides is 3. The largest absolute Gasteiger partial charge is 0.573 e. The second-order valence-electron chi connectivity index (χ2n) is 6.18. The zero-order chi connectivity index (χ0) is 20.6. The van der Waals surface area contributed by atoms with E-state index < -0.39 is 6.36 Å². The van der Waals surface area contributed by atoms with Crippen LogP contribution in [0.25, 0.3) is 0 Å². The molecule has 0 aliphatic rings. The third kappa shape index (κ3) is 7.48. The van der Waals surface area contributed by atoms with Crippen LogP contribution in [-0.4, -0.2) is 30.3 Å². The van der Waals surface area contributed by atoms with E-state index in [4.69, 9.17) is 5.73 Å². The van der Waals surface area contributed by atoms with Crippen LogP contribution in [0.5, 0.6) is 5.75 Å². The molecule has 0 bridgehead atoms. The minimum Gasteiger partial charge on any atom is -0.406 e. The van der Waals surface area contributed by atoms with E-state index in [9.17, 15) is 13.2 Å². The molecule has 2 aromatic rings. The fourth-order valence-electron chi connectivity index (χ4n) is 2.64. The molecule has 3 N–H and O–H groups in total. The van der Waals surface area contributed by atoms with Crippen LogP contribution in [0.2, 0.25) is 0 Å². The van der Waals surface area contributed by atoms with E-state index in [-0.39, 0.29) is 11.7 Å². The van der Waals surface area contributed by atoms with Gasteiger partial charge in [0.1, 0.15) is 5.75 Å². The summed E-state index contributed by atoms with van der Waals surface area (Å²) < 4.78 is 40.3. The number of rotatable bonds is 8. The molecule has 0 spiro atoms. The Bertz CT molecular complexity index is 772. The fraction of sp³-hybridized carbons (Fsp3) is 0.350. The average Bonchev–Trinajstić information content (AvgIpc) is 2.65. The molecule has 0 fully saturated rings. The standard InChI is InChI=1S/C20H25F3N4O/c1-3-27(4-2)14-16-7-5-6-15(12-16)13-25-19(24)26-17-8-10-18(11-9-17)28-20(21,22)23/h5-12H,3-4,13-14H2,1-2H3,(H3,24,25,26). The van der Waals surface area contributed by atoms with E-state index in [0.29, 0.717) is 12.2 Å². The first-order valence-corrected chi connectivity index (χ1v) is 9.02. The first-order chi connectivity index (χ1) is 13.3. The first kappa shape index (κ1) is 21.6. The Morgan fingerprint density at radius 3 is 2.32 bits per heavy atom. The molecule has 8 heteroatoms. The molecule has 0 heterocycles. The topological polar surface area (TPSA) is 62.9 Å². The maximum atomic E-state index is 12.2. The molecule has 5 nitrogen and oxygen atoms in total. The Hall–Kier alpha value is -2.74. The van der Waals surface area contributed by atoms with Crippen LogP contribution < -0.4 is 15.8 Å². The van der Waals surface area contributed by atoms with Crippen LogP contribution in [0.3, 0.4) is 0 Å². The molecule has 2 aromatic carbocycles. The molecule has 152 valence electrons. The summed E-state index contributed by atoms with van der Waals surface area (Å²) >= 11 is 0. The minimum atomic E-state index is -4.71. The van der Waals surface area contributed by atoms with Crippen molar-refractivity contribution in [2.24, 2.45) is 10.7 Å². The van der Waals surface area contributed by atoms with Gasteiger partial charge in [0.25, 0.3) is 0 Å². The summed E-state index contributed by atoms with van der Waals surface area (Å²) in [5, 5.41) is 2.85. The molecule has 0 radical (unpaired) electrons. The summed E-state index contributed by atoms with van der Waals surface area (Å²) in [5.74, 6) is -0.114. The molecule has 0 atom stereocenters. The summed E-state index contributed by atoms with van der Waals surface area (Å²) in [7, 11) is 0. The van der Waals surface area contributed by atoms with Crippen LogP contribution in [0, 0.1) is 0 Å². The van der Waals surface area contributed by atoms with Crippen LogP contribution in [0.1, 0.15) is 25.0 Å². The highest BCUT2D eigenvalue weighted by Crippen LogP contribution is 2.23. The van der Waals surface area contributed by atoms with Crippen molar-refractivity contribution in [2.75, 3.05) is 18.4 Å². The molecular formula is C20H25F3N4O. The molecule has 0 saturated carbocycles. The Balaban J connectivity index is 1.93. The molecule has 0 amide bonds. The first-order valence-electron chi connectivity index (χ1n) is 9.02. The Labute approximate surface area is 163 Å². The third-order valence-corrected chi connectivity index (χ3v) is 4.08. The highest BCUT2D eigenvalue weighted by Gasteiger charge is 2.30. The van der Waals surface area contributed by atoms with Crippen molar-refractivity contribution in [3.8, 4) is 5.75 Å². The highest BCUT2D eigenvalue weighted by molar-refractivity contribution is 5.92. The van der Waals surface area contributed by atoms with Gasteiger partial charge in [0.05, 0.1) is 6.54 Å². The van der Waals surface area contributed by atoms with Crippen molar-refractivity contribution < 1.29 is 17.9 Å². The van der Waals surface area contributed by atoms with Crippen molar-refractivity contribution in [1.29, 1.82) is 0 Å². The lowest BCUT2D eigenvalue weighted by Crippen LogP contribution is -2.23. The second kappa shape index (κ2) is 9.98. The van der Waals surface area contributed by atoms with Gasteiger partial charge < -0.3 is 15.8 Å². The number of aliphatic imine (C=N–C) groups is 1. The van der Waals surface area contributed by atoms with Gasteiger partial charge in [0.2, 0.25) is 0 Å². The Morgan fingerprint density at radius 1 is 1.07 bits per heavy atom. The van der Waals surface area contributed by atoms with Gasteiger partial charge in [-0.2, -0.15) is 0 Å². The number of nitrogens with two attached hydrogens (primary N) is 1. The monoisotopic (exact) mass is 394 g/mol. The van der Waals surface area contributed by atoms with Crippen molar-refractivity contribution in [3.63, 3.8) is 0 Å². The van der Waals surface area contributed by atoms with E-state index in [1.807, 2.05) is 12.1 Å². The maximum absolute atomic E-state index is 12.2. The number of benzene rings is 2. The van der Waals surface area contributed by atoms with Gasteiger partial charge in [-0.05, 0) is 48.5 Å². The van der Waals surface area contributed by atoms with E-state index in [2.05, 4.69) is 45.9 Å². The maximum Gasteiger partial charge on any atom is 0.573 e. The number of guanidine groups is 1. The van der Waals surface area contributed by atoms with E-state index in [0.717, 1.165) is 25.2 Å². The molecule has 0 aliphatic heterocycles. The molecule has 28 heavy (non-hydrogen) atoms. The predicted octanol–water partition coefficient (Wildman–Crippen LogP) is 4.35. The van der Waals surface area contributed by atoms with E-state index in [1.54, 1.807) is 0 Å². The minimum absolute atomic E-state index is 0.179. The van der Waals surface area contributed by atoms with Gasteiger partial charge in [-0.3, -0.25) is 4.90 Å². The summed E-state index contributed by atoms with van der Waals surface area (Å²) in [6.07, 6.45) is -4.71. The van der Waals surface area contributed by atoms with E-state index >= 15 is 0 Å². The summed E-state index contributed by atoms with van der Waals surface area (Å²) in [5.41, 5.74) is 8.64. The number of nitrogens with one attached hydrogen (secondary N) is 1. The zero-order valence-corrected chi connectivity index (χ0v) is 16.0. The van der Waals surface area contributed by atoms with Gasteiger partial charge in [-0.15, -0.1) is 13.2 Å². The molecule has 0 saturated heterocycles. The van der Waals surface area contributed by atoms with Crippen molar-refractivity contribution in [1.82, 2.24) is 4.90 Å². The third-order valence-electron chi connectivity index (χ3n) is 4.08. The summed E-state index contributed by atoms with van der Waals surface area (Å²) in [4.78, 5) is 6.61. The normalized spacial score (nSPS) is 12.3. The predicted molar refractivity (Wildman–Crippen MR) is 105 cm³/mol.